The van der Waals surface area contributed by atoms with Crippen LogP contribution in [0.1, 0.15) is 32.4 Å². The number of imide groups is 1. The average molecular weight is 536 g/mol. The van der Waals surface area contributed by atoms with Crippen LogP contribution < -0.4 is 10.6 Å². The second kappa shape index (κ2) is 10.4. The highest BCUT2D eigenvalue weighted by atomic mass is 32.2. The van der Waals surface area contributed by atoms with Gasteiger partial charge in [-0.2, -0.15) is 0 Å². The van der Waals surface area contributed by atoms with Gasteiger partial charge in [0.2, 0.25) is 11.8 Å². The smallest absolute Gasteiger partial charge is 0.327 e. The van der Waals surface area contributed by atoms with Gasteiger partial charge in [-0.25, -0.2) is 9.59 Å². The number of nitrogens with one attached hydrogen (secondary N) is 2. The minimum Gasteiger partial charge on any atom is -0.480 e. The number of hydrogen-bond donors (Lipinski definition) is 3. The van der Waals surface area contributed by atoms with Crippen molar-refractivity contribution in [3.8, 4) is 0 Å². The molecule has 37 heavy (non-hydrogen) atoms. The van der Waals surface area contributed by atoms with Crippen LogP contribution in [0.4, 0.5) is 4.79 Å². The molecule has 14 heteroatoms. The van der Waals surface area contributed by atoms with Crippen molar-refractivity contribution in [1.82, 2.24) is 25.3 Å². The van der Waals surface area contributed by atoms with Crippen molar-refractivity contribution in [2.75, 3.05) is 19.6 Å². The number of carbonyl (C=O) groups excluding carboxylic acids is 5. The second-order valence-electron chi connectivity index (χ2n) is 9.22. The molecule has 0 aliphatic carbocycles. The Hall–Kier alpha value is -3.65. The van der Waals surface area contributed by atoms with Crippen LogP contribution >= 0.6 is 11.8 Å². The summed E-state index contributed by atoms with van der Waals surface area (Å²) in [5, 5.41) is 14.2. The van der Waals surface area contributed by atoms with E-state index in [1.807, 2.05) is 0 Å². The van der Waals surface area contributed by atoms with E-state index < -0.39 is 63.9 Å². The average Bonchev–Trinajstić information content (AvgIpc) is 3.10. The van der Waals surface area contributed by atoms with Gasteiger partial charge in [-0.15, -0.1) is 11.8 Å². The van der Waals surface area contributed by atoms with E-state index in [2.05, 4.69) is 10.6 Å². The number of β-lactam (4-membered cyclic amide) rings is 1. The zero-order valence-electron chi connectivity index (χ0n) is 20.5. The standard InChI is InChI=1S/C23H27N5O7S.H2O/c1-4-26-10-11-27(19(32)18(26)31)22(35)25-13(12-8-6-5-7-9-12)16(29)24-14-17(30)28-15(21(33)34)23(2,3)36-20(14)28;/h5-9,13-15,20H,4,10-11H2,1-3H3,(H,24,29)(H,25,35)(H,33,34);1H2/t13-,14+,15-,20+;/m0./s1. The van der Waals surface area contributed by atoms with E-state index in [0.717, 1.165) is 4.90 Å². The first kappa shape index (κ1) is 27.9. The van der Waals surface area contributed by atoms with E-state index in [9.17, 15) is 33.9 Å². The summed E-state index contributed by atoms with van der Waals surface area (Å²) in [6, 6.07) is 4.11. The fourth-order valence-corrected chi connectivity index (χ4v) is 6.32. The molecule has 1 aromatic carbocycles. The van der Waals surface area contributed by atoms with Crippen molar-refractivity contribution in [3.63, 3.8) is 0 Å². The monoisotopic (exact) mass is 535 g/mol. The molecule has 3 aliphatic heterocycles. The van der Waals surface area contributed by atoms with Crippen molar-refractivity contribution >= 4 is 47.4 Å². The molecule has 13 nitrogen and oxygen atoms in total. The maximum atomic E-state index is 13.3. The number of fused-ring (bicyclic) bond motifs is 1. The third-order valence-corrected chi connectivity index (χ3v) is 8.14. The lowest BCUT2D eigenvalue weighted by molar-refractivity contribution is -0.161. The maximum absolute atomic E-state index is 13.3. The van der Waals surface area contributed by atoms with E-state index in [1.54, 1.807) is 51.1 Å². The summed E-state index contributed by atoms with van der Waals surface area (Å²) in [5.41, 5.74) is 0.403. The number of rotatable bonds is 6. The van der Waals surface area contributed by atoms with E-state index in [1.165, 1.54) is 21.6 Å². The van der Waals surface area contributed by atoms with Gasteiger partial charge in [0.15, 0.2) is 0 Å². The predicted octanol–water partition coefficient (Wildman–Crippen LogP) is -1.06. The summed E-state index contributed by atoms with van der Waals surface area (Å²) in [4.78, 5) is 78.8. The number of amides is 6. The first-order valence-corrected chi connectivity index (χ1v) is 12.3. The van der Waals surface area contributed by atoms with Crippen LogP contribution in [0.3, 0.4) is 0 Å². The van der Waals surface area contributed by atoms with Crippen molar-refractivity contribution < 1.29 is 39.3 Å². The summed E-state index contributed by atoms with van der Waals surface area (Å²) in [6.07, 6.45) is 0. The molecular weight excluding hydrogens is 506 g/mol. The Morgan fingerprint density at radius 1 is 1.11 bits per heavy atom. The lowest BCUT2D eigenvalue weighted by Crippen LogP contribution is -2.71. The molecule has 0 aromatic heterocycles. The van der Waals surface area contributed by atoms with Gasteiger partial charge < -0.3 is 31.0 Å². The Balaban J connectivity index is 0.00000380. The van der Waals surface area contributed by atoms with Crippen LogP contribution in [-0.2, 0) is 24.0 Å². The number of likely N-dealkylation sites (N-methyl/N-ethyl adjacent to an activating group) is 1. The van der Waals surface area contributed by atoms with Gasteiger partial charge >= 0.3 is 23.8 Å². The predicted molar refractivity (Wildman–Crippen MR) is 131 cm³/mol. The van der Waals surface area contributed by atoms with Crippen LogP contribution in [0.5, 0.6) is 0 Å². The molecule has 3 heterocycles. The van der Waals surface area contributed by atoms with Gasteiger partial charge in [0, 0.05) is 24.4 Å². The number of carboxylic acids is 1. The van der Waals surface area contributed by atoms with Crippen molar-refractivity contribution in [3.05, 3.63) is 35.9 Å². The molecule has 5 N–H and O–H groups in total. The van der Waals surface area contributed by atoms with Crippen molar-refractivity contribution in [2.45, 2.75) is 49.0 Å². The topological polar surface area (TPSA) is 188 Å². The fourth-order valence-electron chi connectivity index (χ4n) is 4.70. The molecule has 1 aromatic rings. The van der Waals surface area contributed by atoms with Gasteiger partial charge in [0.1, 0.15) is 23.5 Å². The van der Waals surface area contributed by atoms with Gasteiger partial charge in [0.25, 0.3) is 0 Å². The number of urea groups is 1. The molecule has 3 saturated heterocycles. The zero-order chi connectivity index (χ0) is 26.4. The minimum atomic E-state index is -1.26. The van der Waals surface area contributed by atoms with Gasteiger partial charge in [-0.1, -0.05) is 30.3 Å². The molecule has 0 bridgehead atoms. The molecule has 200 valence electrons. The van der Waals surface area contributed by atoms with Crippen LogP contribution in [0, 0.1) is 0 Å². The highest BCUT2D eigenvalue weighted by molar-refractivity contribution is 8.01. The quantitative estimate of drug-likeness (QED) is 0.303. The molecule has 0 saturated carbocycles. The molecule has 0 unspecified atom stereocenters. The second-order valence-corrected chi connectivity index (χ2v) is 11.0. The maximum Gasteiger partial charge on any atom is 0.327 e. The largest absolute Gasteiger partial charge is 0.480 e. The molecule has 0 spiro atoms. The molecule has 3 fully saturated rings. The van der Waals surface area contributed by atoms with Crippen LogP contribution in [0.25, 0.3) is 0 Å². The van der Waals surface area contributed by atoms with E-state index in [-0.39, 0.29) is 18.6 Å². The number of nitrogens with zero attached hydrogens (tertiary/aromatic N) is 3. The number of hydrogen-bond acceptors (Lipinski definition) is 7. The first-order valence-electron chi connectivity index (χ1n) is 11.5. The number of benzene rings is 1. The summed E-state index contributed by atoms with van der Waals surface area (Å²) in [5.74, 6) is -4.12. The summed E-state index contributed by atoms with van der Waals surface area (Å²) in [6.45, 7) is 5.67. The van der Waals surface area contributed by atoms with Gasteiger partial charge in [-0.05, 0) is 26.3 Å². The molecule has 4 atom stereocenters. The van der Waals surface area contributed by atoms with Gasteiger partial charge in [0.05, 0.1) is 0 Å². The minimum absolute atomic E-state index is 0. The lowest BCUT2D eigenvalue weighted by Gasteiger charge is -2.44. The zero-order valence-corrected chi connectivity index (χ0v) is 21.3. The lowest BCUT2D eigenvalue weighted by atomic mass is 9.95. The molecule has 0 radical (unpaired) electrons. The summed E-state index contributed by atoms with van der Waals surface area (Å²) in [7, 11) is 0. The van der Waals surface area contributed by atoms with E-state index in [0.29, 0.717) is 12.1 Å². The summed E-state index contributed by atoms with van der Waals surface area (Å²) < 4.78 is -0.758. The Morgan fingerprint density at radius 2 is 1.76 bits per heavy atom. The van der Waals surface area contributed by atoms with Crippen molar-refractivity contribution in [2.24, 2.45) is 0 Å². The molecule has 4 rings (SSSR count). The van der Waals surface area contributed by atoms with E-state index in [4.69, 9.17) is 0 Å². The Kier molecular flexibility index (Phi) is 7.83. The number of aliphatic carboxylic acids is 1. The number of piperazine rings is 1. The van der Waals surface area contributed by atoms with Crippen LogP contribution in [0.15, 0.2) is 30.3 Å². The van der Waals surface area contributed by atoms with E-state index >= 15 is 0 Å². The number of carbonyl (C=O) groups is 6. The summed E-state index contributed by atoms with van der Waals surface area (Å²) >= 11 is 1.28. The fraction of sp³-hybridized carbons (Fsp3) is 0.478. The SMILES string of the molecule is CCN1CCN(C(=O)N[C@H](C(=O)N[C@@H]2C(=O)N3[C@@H]2SC(C)(C)[C@@H]3C(=O)O)c2ccccc2)C(=O)C1=O.O. The molecule has 3 aliphatic rings. The van der Waals surface area contributed by atoms with Crippen molar-refractivity contribution in [1.29, 1.82) is 0 Å². The Labute approximate surface area is 216 Å². The highest BCUT2D eigenvalue weighted by Crippen LogP contribution is 2.50. The number of thioether (sulfide) groups is 1. The normalized spacial score (nSPS) is 25.0. The first-order chi connectivity index (χ1) is 17.0. The van der Waals surface area contributed by atoms with Crippen LogP contribution in [-0.4, -0.2) is 103 Å². The van der Waals surface area contributed by atoms with Crippen LogP contribution in [0.2, 0.25) is 0 Å². The third-order valence-electron chi connectivity index (χ3n) is 6.57. The molecule has 6 amide bonds. The highest BCUT2D eigenvalue weighted by Gasteiger charge is 2.64. The third kappa shape index (κ3) is 4.85. The Bertz CT molecular complexity index is 1130. The number of carboxylic acid groups (broad SMARTS) is 1. The molecular formula is C23H29N5O8S. The Morgan fingerprint density at radius 3 is 2.35 bits per heavy atom. The van der Waals surface area contributed by atoms with Gasteiger partial charge in [-0.3, -0.25) is 24.1 Å².